The predicted octanol–water partition coefficient (Wildman–Crippen LogP) is 2.41. The maximum absolute atomic E-state index is 11.5. The summed E-state index contributed by atoms with van der Waals surface area (Å²) in [4.78, 5) is 22.8. The summed E-state index contributed by atoms with van der Waals surface area (Å²) in [5.41, 5.74) is 6.37. The molecule has 0 radical (unpaired) electrons. The molecule has 0 aromatic carbocycles. The summed E-state index contributed by atoms with van der Waals surface area (Å²) < 4.78 is 0. The number of anilines is 1. The number of carbonyl (C=O) groups is 1. The van der Waals surface area contributed by atoms with Crippen LogP contribution in [0.1, 0.15) is 49.9 Å². The molecule has 5 nitrogen and oxygen atoms in total. The van der Waals surface area contributed by atoms with Crippen molar-refractivity contribution in [3.05, 3.63) is 16.5 Å². The molecule has 1 amide bonds. The van der Waals surface area contributed by atoms with Gasteiger partial charge in [0.15, 0.2) is 0 Å². The van der Waals surface area contributed by atoms with Gasteiger partial charge in [0.2, 0.25) is 5.91 Å². The van der Waals surface area contributed by atoms with E-state index in [1.54, 1.807) is 0 Å². The molecule has 1 aliphatic heterocycles. The highest BCUT2D eigenvalue weighted by Gasteiger charge is 2.33. The second kappa shape index (κ2) is 5.44. The fourth-order valence-electron chi connectivity index (χ4n) is 2.93. The molecule has 2 aliphatic rings. The first kappa shape index (κ1) is 14.6. The normalized spacial score (nSPS) is 26.0. The van der Waals surface area contributed by atoms with E-state index in [2.05, 4.69) is 16.8 Å². The average molecular weight is 309 g/mol. The van der Waals surface area contributed by atoms with Gasteiger partial charge in [0.05, 0.1) is 5.92 Å². The predicted molar refractivity (Wildman–Crippen MR) is 82.5 cm³/mol. The first-order valence-corrected chi connectivity index (χ1v) is 7.95. The summed E-state index contributed by atoms with van der Waals surface area (Å²) in [6.45, 7) is 4.72. The van der Waals surface area contributed by atoms with Gasteiger partial charge in [-0.25, -0.2) is 9.97 Å². The summed E-state index contributed by atoms with van der Waals surface area (Å²) in [7, 11) is 0. The van der Waals surface area contributed by atoms with Crippen LogP contribution in [0.5, 0.6) is 0 Å². The molecule has 6 heteroatoms. The topological polar surface area (TPSA) is 72.1 Å². The number of nitrogens with two attached hydrogens (primary N) is 1. The van der Waals surface area contributed by atoms with E-state index in [0.717, 1.165) is 42.9 Å². The number of hydrogen-bond donors (Lipinski definition) is 1. The molecule has 1 aromatic heterocycles. The highest BCUT2D eigenvalue weighted by Crippen LogP contribution is 2.40. The third-order valence-electron chi connectivity index (χ3n) is 4.58. The van der Waals surface area contributed by atoms with E-state index >= 15 is 0 Å². The van der Waals surface area contributed by atoms with Crippen LogP contribution in [0.3, 0.4) is 0 Å². The standard InChI is InChI=1S/C15H21ClN4O/c1-8-3-4-11(13(17)21)7-20(8)15-9(2)12(16)18-14(19-15)10-5-6-10/h8,10-11H,3-7H2,1-2H3,(H2,17,21). The third kappa shape index (κ3) is 2.84. The van der Waals surface area contributed by atoms with E-state index in [-0.39, 0.29) is 11.8 Å². The Morgan fingerprint density at radius 1 is 1.29 bits per heavy atom. The summed E-state index contributed by atoms with van der Waals surface area (Å²) in [6.07, 6.45) is 4.06. The molecule has 1 aliphatic carbocycles. The maximum Gasteiger partial charge on any atom is 0.222 e. The molecule has 21 heavy (non-hydrogen) atoms. The highest BCUT2D eigenvalue weighted by molar-refractivity contribution is 6.30. The molecule has 1 saturated carbocycles. The molecule has 0 bridgehead atoms. The average Bonchev–Trinajstić information content (AvgIpc) is 3.27. The zero-order valence-electron chi connectivity index (χ0n) is 12.5. The lowest BCUT2D eigenvalue weighted by Crippen LogP contribution is -2.46. The Labute approximate surface area is 129 Å². The van der Waals surface area contributed by atoms with Crippen molar-refractivity contribution in [1.82, 2.24) is 9.97 Å². The minimum absolute atomic E-state index is 0.112. The summed E-state index contributed by atoms with van der Waals surface area (Å²) in [6, 6.07) is 0.331. The number of rotatable bonds is 3. The molecule has 0 spiro atoms. The Balaban J connectivity index is 1.95. The van der Waals surface area contributed by atoms with Crippen LogP contribution in [0.25, 0.3) is 0 Å². The quantitative estimate of drug-likeness (QED) is 0.870. The molecule has 2 N–H and O–H groups in total. The van der Waals surface area contributed by atoms with Gasteiger partial charge in [0.25, 0.3) is 0 Å². The van der Waals surface area contributed by atoms with E-state index in [0.29, 0.717) is 23.7 Å². The second-order valence-corrected chi connectivity index (χ2v) is 6.63. The lowest BCUT2D eigenvalue weighted by molar-refractivity contribution is -0.122. The summed E-state index contributed by atoms with van der Waals surface area (Å²) in [5.74, 6) is 1.82. The number of hydrogen-bond acceptors (Lipinski definition) is 4. The van der Waals surface area contributed by atoms with Crippen LogP contribution in [-0.4, -0.2) is 28.5 Å². The minimum Gasteiger partial charge on any atom is -0.369 e. The van der Waals surface area contributed by atoms with Gasteiger partial charge in [-0.15, -0.1) is 0 Å². The third-order valence-corrected chi connectivity index (χ3v) is 4.94. The Bertz CT molecular complexity index is 573. The van der Waals surface area contributed by atoms with Crippen molar-refractivity contribution in [3.63, 3.8) is 0 Å². The lowest BCUT2D eigenvalue weighted by Gasteiger charge is -2.38. The van der Waals surface area contributed by atoms with Crippen molar-refractivity contribution in [2.24, 2.45) is 11.7 Å². The molecule has 114 valence electrons. The second-order valence-electron chi connectivity index (χ2n) is 6.27. The molecular weight excluding hydrogens is 288 g/mol. The van der Waals surface area contributed by atoms with Gasteiger partial charge in [-0.1, -0.05) is 11.6 Å². The van der Waals surface area contributed by atoms with Crippen LogP contribution in [0.2, 0.25) is 5.15 Å². The lowest BCUT2D eigenvalue weighted by atomic mass is 9.92. The van der Waals surface area contributed by atoms with Gasteiger partial charge in [0.1, 0.15) is 16.8 Å². The van der Waals surface area contributed by atoms with Gasteiger partial charge in [-0.2, -0.15) is 0 Å². The minimum atomic E-state index is -0.230. The summed E-state index contributed by atoms with van der Waals surface area (Å²) >= 11 is 6.29. The molecule has 2 fully saturated rings. The smallest absolute Gasteiger partial charge is 0.222 e. The van der Waals surface area contributed by atoms with Crippen molar-refractivity contribution in [2.75, 3.05) is 11.4 Å². The largest absolute Gasteiger partial charge is 0.369 e. The highest BCUT2D eigenvalue weighted by atomic mass is 35.5. The molecule has 2 heterocycles. The maximum atomic E-state index is 11.5. The zero-order chi connectivity index (χ0) is 15.1. The van der Waals surface area contributed by atoms with E-state index in [4.69, 9.17) is 22.3 Å². The van der Waals surface area contributed by atoms with Crippen LogP contribution in [-0.2, 0) is 4.79 Å². The van der Waals surface area contributed by atoms with Gasteiger partial charge in [-0.3, -0.25) is 4.79 Å². The zero-order valence-corrected chi connectivity index (χ0v) is 13.2. The molecule has 1 aromatic rings. The van der Waals surface area contributed by atoms with Gasteiger partial charge in [0, 0.05) is 24.1 Å². The fraction of sp³-hybridized carbons (Fsp3) is 0.667. The van der Waals surface area contributed by atoms with Crippen LogP contribution < -0.4 is 10.6 Å². The van der Waals surface area contributed by atoms with Crippen molar-refractivity contribution >= 4 is 23.3 Å². The molecule has 2 atom stereocenters. The van der Waals surface area contributed by atoms with Crippen molar-refractivity contribution in [1.29, 1.82) is 0 Å². The van der Waals surface area contributed by atoms with Crippen molar-refractivity contribution in [3.8, 4) is 0 Å². The number of piperidine rings is 1. The molecule has 1 saturated heterocycles. The Morgan fingerprint density at radius 2 is 2.00 bits per heavy atom. The van der Waals surface area contributed by atoms with Crippen LogP contribution in [0.15, 0.2) is 0 Å². The van der Waals surface area contributed by atoms with Crippen LogP contribution >= 0.6 is 11.6 Å². The number of primary amides is 1. The van der Waals surface area contributed by atoms with Gasteiger partial charge in [-0.05, 0) is 39.5 Å². The van der Waals surface area contributed by atoms with Crippen LogP contribution in [0.4, 0.5) is 5.82 Å². The Kier molecular flexibility index (Phi) is 3.78. The Morgan fingerprint density at radius 3 is 2.62 bits per heavy atom. The molecule has 3 rings (SSSR count). The number of carbonyl (C=O) groups excluding carboxylic acids is 1. The van der Waals surface area contributed by atoms with E-state index < -0.39 is 0 Å². The molecule has 2 unspecified atom stereocenters. The number of nitrogens with zero attached hydrogens (tertiary/aromatic N) is 3. The van der Waals surface area contributed by atoms with Gasteiger partial charge < -0.3 is 10.6 Å². The van der Waals surface area contributed by atoms with E-state index in [9.17, 15) is 4.79 Å². The SMILES string of the molecule is Cc1c(Cl)nc(C2CC2)nc1N1CC(C(N)=O)CCC1C. The molecular formula is C15H21ClN4O. The van der Waals surface area contributed by atoms with Crippen LogP contribution in [0, 0.1) is 12.8 Å². The first-order chi connectivity index (χ1) is 9.97. The summed E-state index contributed by atoms with van der Waals surface area (Å²) in [5, 5.41) is 0.523. The Hall–Kier alpha value is -1.36. The van der Waals surface area contributed by atoms with E-state index in [1.165, 1.54) is 0 Å². The monoisotopic (exact) mass is 308 g/mol. The number of amides is 1. The number of aromatic nitrogens is 2. The number of halogens is 1. The van der Waals surface area contributed by atoms with Crippen molar-refractivity contribution < 1.29 is 4.79 Å². The first-order valence-electron chi connectivity index (χ1n) is 7.57. The van der Waals surface area contributed by atoms with Gasteiger partial charge >= 0.3 is 0 Å². The van der Waals surface area contributed by atoms with E-state index in [1.807, 2.05) is 6.92 Å². The van der Waals surface area contributed by atoms with Crippen molar-refractivity contribution in [2.45, 2.75) is 51.5 Å². The fourth-order valence-corrected chi connectivity index (χ4v) is 3.10.